The van der Waals surface area contributed by atoms with E-state index in [1.807, 2.05) is 0 Å². The van der Waals surface area contributed by atoms with Gasteiger partial charge >= 0.3 is 19.9 Å². The van der Waals surface area contributed by atoms with Gasteiger partial charge in [0.15, 0.2) is 0 Å². The summed E-state index contributed by atoms with van der Waals surface area (Å²) in [6, 6.07) is 8.87. The monoisotopic (exact) mass is 713 g/mol. The second-order valence-corrected chi connectivity index (χ2v) is 13.5. The molecule has 13 nitrogen and oxygen atoms in total. The lowest BCUT2D eigenvalue weighted by Gasteiger charge is -2.28. The predicted molar refractivity (Wildman–Crippen MR) is 175 cm³/mol. The van der Waals surface area contributed by atoms with Gasteiger partial charge in [-0.15, -0.1) is 0 Å². The second kappa shape index (κ2) is 17.5. The maximum absolute atomic E-state index is 13.9. The Bertz CT molecular complexity index is 1640. The van der Waals surface area contributed by atoms with Crippen LogP contribution in [0.4, 0.5) is 24.2 Å². The molecule has 0 saturated carbocycles. The highest BCUT2D eigenvalue weighted by Crippen LogP contribution is 2.37. The Balaban J connectivity index is 1.56. The zero-order valence-corrected chi connectivity index (χ0v) is 28.3. The number of rotatable bonds is 16. The molecule has 3 aromatic rings. The van der Waals surface area contributed by atoms with Crippen molar-refractivity contribution < 1.29 is 46.8 Å². The number of aromatic nitrogens is 1. The zero-order chi connectivity index (χ0) is 35.5. The quantitative estimate of drug-likeness (QED) is 0.0961. The van der Waals surface area contributed by atoms with Crippen molar-refractivity contribution in [2.24, 2.45) is 5.41 Å². The van der Waals surface area contributed by atoms with Gasteiger partial charge in [-0.1, -0.05) is 37.6 Å². The summed E-state index contributed by atoms with van der Waals surface area (Å²) in [7, 11) is -3.11. The fourth-order valence-corrected chi connectivity index (χ4v) is 5.21. The highest BCUT2D eigenvalue weighted by atomic mass is 35.5. The highest BCUT2D eigenvalue weighted by molar-refractivity contribution is 7.46. The number of aryl methyl sites for hydroxylation is 1. The van der Waals surface area contributed by atoms with Crippen LogP contribution < -0.4 is 16.0 Å². The van der Waals surface area contributed by atoms with Gasteiger partial charge in [-0.2, -0.15) is 0 Å². The average Bonchev–Trinajstić information content (AvgIpc) is 3.02. The first-order chi connectivity index (χ1) is 22.5. The van der Waals surface area contributed by atoms with Crippen LogP contribution in [0.5, 0.6) is 0 Å². The number of pyridine rings is 1. The number of hydrogen-bond donors (Lipinski definition) is 5. The summed E-state index contributed by atoms with van der Waals surface area (Å²) in [4.78, 5) is 61.5. The molecule has 0 aliphatic rings. The van der Waals surface area contributed by atoms with E-state index in [4.69, 9.17) is 26.1 Å². The van der Waals surface area contributed by atoms with Crippen LogP contribution in [0, 0.1) is 17.0 Å². The fraction of sp³-hybridized carbons (Fsp3) is 0.419. The molecule has 2 aromatic carbocycles. The summed E-state index contributed by atoms with van der Waals surface area (Å²) in [6.45, 7) is 3.08. The lowest BCUT2D eigenvalue weighted by atomic mass is 9.95. The van der Waals surface area contributed by atoms with Gasteiger partial charge in [0.1, 0.15) is 24.1 Å². The molecule has 4 amide bonds. The Labute approximate surface area is 281 Å². The standard InChI is InChI=1S/C31H39ClF2N5O8P/c1-31(2,19-47-48(43,44)45)18-37-29(41)35-13-5-7-24(39(3)27(40)12-10-20-6-4-8-25(34)28(20)32)17-46-30(42)38-26-15-22-14-23(33)11-9-21(22)16-36-26/h4,6,8-9,11,14-16,24H,5,7,10,12-13,17-19H2,1-3H3,(H2,35,37,41)(H,36,38,42)(H2,43,44,45)/t24-/m0/s1. The first-order valence-electron chi connectivity index (χ1n) is 14.9. The van der Waals surface area contributed by atoms with Crippen molar-refractivity contribution in [3.05, 3.63) is 70.9 Å². The number of nitrogens with one attached hydrogen (secondary N) is 3. The molecule has 0 bridgehead atoms. The van der Waals surface area contributed by atoms with Crippen molar-refractivity contribution in [2.75, 3.05) is 38.7 Å². The summed E-state index contributed by atoms with van der Waals surface area (Å²) in [5.41, 5.74) is -0.293. The molecule has 3 rings (SSSR count). The van der Waals surface area contributed by atoms with Crippen LogP contribution in [0.2, 0.25) is 5.02 Å². The van der Waals surface area contributed by atoms with Gasteiger partial charge in [0.25, 0.3) is 0 Å². The van der Waals surface area contributed by atoms with Gasteiger partial charge in [0.05, 0.1) is 17.7 Å². The Morgan fingerprint density at radius 3 is 2.58 bits per heavy atom. The van der Waals surface area contributed by atoms with Crippen molar-refractivity contribution in [2.45, 2.75) is 45.6 Å². The Kier molecular flexibility index (Phi) is 14.1. The topological polar surface area (TPSA) is 179 Å². The summed E-state index contributed by atoms with van der Waals surface area (Å²) in [5.74, 6) is -1.21. The van der Waals surface area contributed by atoms with Gasteiger partial charge < -0.3 is 30.1 Å². The molecule has 17 heteroatoms. The number of carbonyl (C=O) groups excluding carboxylic acids is 3. The lowest BCUT2D eigenvalue weighted by Crippen LogP contribution is -2.43. The molecule has 0 spiro atoms. The number of benzene rings is 2. The van der Waals surface area contributed by atoms with Crippen LogP contribution in [0.1, 0.15) is 38.7 Å². The molecule has 1 aromatic heterocycles. The van der Waals surface area contributed by atoms with E-state index < -0.39 is 43.0 Å². The maximum Gasteiger partial charge on any atom is 0.469 e. The van der Waals surface area contributed by atoms with Gasteiger partial charge in [-0.3, -0.25) is 14.6 Å². The van der Waals surface area contributed by atoms with Crippen LogP contribution in [0.3, 0.4) is 0 Å². The molecular formula is C31H39ClF2N5O8P. The van der Waals surface area contributed by atoms with Crippen molar-refractivity contribution in [1.82, 2.24) is 20.5 Å². The summed E-state index contributed by atoms with van der Waals surface area (Å²) < 4.78 is 48.4. The lowest BCUT2D eigenvalue weighted by molar-refractivity contribution is -0.132. The largest absolute Gasteiger partial charge is 0.469 e. The summed E-state index contributed by atoms with van der Waals surface area (Å²) in [6.07, 6.45) is 1.50. The number of phosphoric acid groups is 1. The number of amides is 4. The van der Waals surface area contributed by atoms with E-state index in [1.165, 1.54) is 41.4 Å². The number of hydrogen-bond acceptors (Lipinski definition) is 7. The Morgan fingerprint density at radius 2 is 1.85 bits per heavy atom. The summed E-state index contributed by atoms with van der Waals surface area (Å²) in [5, 5.41) is 8.93. The molecule has 5 N–H and O–H groups in total. The average molecular weight is 714 g/mol. The van der Waals surface area contributed by atoms with Crippen molar-refractivity contribution in [3.8, 4) is 0 Å². The van der Waals surface area contributed by atoms with E-state index in [0.717, 1.165) is 0 Å². The molecule has 48 heavy (non-hydrogen) atoms. The number of urea groups is 1. The van der Waals surface area contributed by atoms with Gasteiger partial charge in [-0.05, 0) is 60.5 Å². The van der Waals surface area contributed by atoms with Crippen LogP contribution in [-0.4, -0.2) is 77.1 Å². The van der Waals surface area contributed by atoms with Crippen molar-refractivity contribution >= 4 is 54.0 Å². The predicted octanol–water partition coefficient (Wildman–Crippen LogP) is 5.39. The van der Waals surface area contributed by atoms with Crippen LogP contribution in [0.25, 0.3) is 10.8 Å². The minimum Gasteiger partial charge on any atom is -0.447 e. The molecular weight excluding hydrogens is 675 g/mol. The highest BCUT2D eigenvalue weighted by Gasteiger charge is 2.25. The number of fused-ring (bicyclic) bond motifs is 1. The summed E-state index contributed by atoms with van der Waals surface area (Å²) >= 11 is 6.04. The van der Waals surface area contributed by atoms with Gasteiger partial charge in [0, 0.05) is 43.6 Å². The fourth-order valence-electron chi connectivity index (χ4n) is 4.48. The Hall–Kier alpha value is -3.88. The maximum atomic E-state index is 13.9. The molecule has 0 aliphatic heterocycles. The minimum absolute atomic E-state index is 0.00210. The second-order valence-electron chi connectivity index (χ2n) is 11.8. The van der Waals surface area contributed by atoms with Crippen LogP contribution in [0.15, 0.2) is 48.7 Å². The molecule has 0 saturated heterocycles. The smallest absolute Gasteiger partial charge is 0.447 e. The number of phosphoric ester groups is 1. The molecule has 0 aliphatic carbocycles. The molecule has 0 radical (unpaired) electrons. The third-order valence-electron chi connectivity index (χ3n) is 7.25. The van der Waals surface area contributed by atoms with E-state index in [9.17, 15) is 27.7 Å². The molecule has 0 unspecified atom stereocenters. The normalized spacial score (nSPS) is 12.3. The number of halogens is 3. The third-order valence-corrected chi connectivity index (χ3v) is 8.14. The van der Waals surface area contributed by atoms with Crippen molar-refractivity contribution in [1.29, 1.82) is 0 Å². The molecule has 1 atom stereocenters. The third kappa shape index (κ3) is 13.0. The SMILES string of the molecule is CN(C(=O)CCc1cccc(F)c1Cl)[C@@H](CCCNC(=O)NCC(C)(C)COP(=O)(O)O)COC(=O)Nc1cc2cc(F)ccc2cn1. The van der Waals surface area contributed by atoms with E-state index >= 15 is 0 Å². The number of likely N-dealkylation sites (N-methyl/N-ethyl adjacent to an activating group) is 1. The van der Waals surface area contributed by atoms with E-state index in [1.54, 1.807) is 33.0 Å². The van der Waals surface area contributed by atoms with E-state index in [0.29, 0.717) is 29.2 Å². The Morgan fingerprint density at radius 1 is 1.10 bits per heavy atom. The zero-order valence-electron chi connectivity index (χ0n) is 26.7. The molecule has 0 fully saturated rings. The van der Waals surface area contributed by atoms with E-state index in [2.05, 4.69) is 25.5 Å². The van der Waals surface area contributed by atoms with Crippen LogP contribution >= 0.6 is 19.4 Å². The van der Waals surface area contributed by atoms with Crippen molar-refractivity contribution in [3.63, 3.8) is 0 Å². The van der Waals surface area contributed by atoms with Gasteiger partial charge in [0.2, 0.25) is 5.91 Å². The number of anilines is 1. The number of ether oxygens (including phenoxy) is 1. The van der Waals surface area contributed by atoms with Gasteiger partial charge in [-0.25, -0.2) is 27.9 Å². The van der Waals surface area contributed by atoms with Crippen LogP contribution in [-0.2, 0) is 25.0 Å². The number of nitrogens with zero attached hydrogens (tertiary/aromatic N) is 2. The molecule has 262 valence electrons. The first-order valence-corrected chi connectivity index (χ1v) is 16.8. The minimum atomic E-state index is -4.65. The number of carbonyl (C=O) groups is 3. The first kappa shape index (κ1) is 38.6. The van der Waals surface area contributed by atoms with E-state index in [-0.39, 0.29) is 55.9 Å². The molecule has 1 heterocycles.